The topological polar surface area (TPSA) is 77.0 Å². The van der Waals surface area contributed by atoms with E-state index in [2.05, 4.69) is 21.2 Å². The zero-order valence-electron chi connectivity index (χ0n) is 22.0. The summed E-state index contributed by atoms with van der Waals surface area (Å²) in [5.74, 6) is 0. The van der Waals surface area contributed by atoms with Crippen LogP contribution in [-0.4, -0.2) is 62.7 Å². The van der Waals surface area contributed by atoms with Crippen LogP contribution in [0, 0.1) is 0 Å². The molecule has 0 aliphatic carbocycles. The fraction of sp³-hybridized carbons (Fsp3) is 0.963. The lowest BCUT2D eigenvalue weighted by Gasteiger charge is -2.15. The Balaban J connectivity index is 3.17. The van der Waals surface area contributed by atoms with E-state index in [1.165, 1.54) is 83.5 Å². The number of unbranched alkanes of at least 4 members (excludes halogenated alkanes) is 16. The Hall–Kier alpha value is -0.370. The van der Waals surface area contributed by atoms with Gasteiger partial charge in [-0.05, 0) is 25.7 Å². The number of rotatable bonds is 28. The van der Waals surface area contributed by atoms with Gasteiger partial charge in [-0.1, -0.05) is 106 Å². The third-order valence-electron chi connectivity index (χ3n) is 6.10. The SMILES string of the molecule is COC(COCCCCBr)COCCCCCCCCCCCCCCCCCCNC(=O)O. The second-order valence-electron chi connectivity index (χ2n) is 9.29. The van der Waals surface area contributed by atoms with Crippen molar-refractivity contribution in [1.82, 2.24) is 5.32 Å². The van der Waals surface area contributed by atoms with Gasteiger partial charge in [-0.25, -0.2) is 4.79 Å². The minimum Gasteiger partial charge on any atom is -0.465 e. The molecule has 0 rings (SSSR count). The summed E-state index contributed by atoms with van der Waals surface area (Å²) in [6.07, 6.45) is 22.0. The standard InChI is InChI=1S/C27H54BrNO5/c1-32-26(25-34-23-19-16-20-28)24-33-22-18-15-13-11-9-7-5-3-2-4-6-8-10-12-14-17-21-29-27(30)31/h26,29H,2-25H2,1H3,(H,30,31). The lowest BCUT2D eigenvalue weighted by Crippen LogP contribution is -2.24. The van der Waals surface area contributed by atoms with Crippen LogP contribution in [0.15, 0.2) is 0 Å². The quantitative estimate of drug-likeness (QED) is 0.0768. The first-order valence-corrected chi connectivity index (χ1v) is 15.0. The van der Waals surface area contributed by atoms with Crippen molar-refractivity contribution in [3.63, 3.8) is 0 Å². The Morgan fingerprint density at radius 1 is 0.676 bits per heavy atom. The Bertz CT molecular complexity index is 414. The average Bonchev–Trinajstić information content (AvgIpc) is 2.83. The normalized spacial score (nSPS) is 12.2. The van der Waals surface area contributed by atoms with E-state index < -0.39 is 6.09 Å². The van der Waals surface area contributed by atoms with Gasteiger partial charge in [0, 0.05) is 32.2 Å². The summed E-state index contributed by atoms with van der Waals surface area (Å²) in [5.41, 5.74) is 0. The Morgan fingerprint density at radius 3 is 1.44 bits per heavy atom. The monoisotopic (exact) mass is 551 g/mol. The molecule has 0 aromatic heterocycles. The molecule has 6 nitrogen and oxygen atoms in total. The van der Waals surface area contributed by atoms with Crippen molar-refractivity contribution in [2.45, 2.75) is 122 Å². The molecule has 1 atom stereocenters. The maximum Gasteiger partial charge on any atom is 0.404 e. The van der Waals surface area contributed by atoms with E-state index in [4.69, 9.17) is 19.3 Å². The first kappa shape index (κ1) is 33.6. The van der Waals surface area contributed by atoms with E-state index in [1.54, 1.807) is 7.11 Å². The highest BCUT2D eigenvalue weighted by Crippen LogP contribution is 2.13. The molecule has 1 unspecified atom stereocenters. The number of ether oxygens (including phenoxy) is 3. The van der Waals surface area contributed by atoms with E-state index >= 15 is 0 Å². The van der Waals surface area contributed by atoms with E-state index in [0.29, 0.717) is 19.8 Å². The van der Waals surface area contributed by atoms with E-state index in [1.807, 2.05) is 0 Å². The van der Waals surface area contributed by atoms with Crippen molar-refractivity contribution in [2.24, 2.45) is 0 Å². The highest BCUT2D eigenvalue weighted by molar-refractivity contribution is 9.09. The molecule has 7 heteroatoms. The summed E-state index contributed by atoms with van der Waals surface area (Å²) in [6.45, 7) is 3.46. The third kappa shape index (κ3) is 27.9. The molecule has 0 saturated heterocycles. The number of carbonyl (C=O) groups is 1. The summed E-state index contributed by atoms with van der Waals surface area (Å²) in [7, 11) is 1.73. The average molecular weight is 553 g/mol. The smallest absolute Gasteiger partial charge is 0.404 e. The summed E-state index contributed by atoms with van der Waals surface area (Å²) < 4.78 is 16.8. The molecule has 34 heavy (non-hydrogen) atoms. The number of halogens is 1. The molecule has 0 aromatic carbocycles. The van der Waals surface area contributed by atoms with Crippen LogP contribution < -0.4 is 5.32 Å². The van der Waals surface area contributed by atoms with Crippen LogP contribution in [0.25, 0.3) is 0 Å². The van der Waals surface area contributed by atoms with Gasteiger partial charge in [0.05, 0.1) is 13.2 Å². The molecule has 204 valence electrons. The van der Waals surface area contributed by atoms with Gasteiger partial charge in [0.15, 0.2) is 0 Å². The van der Waals surface area contributed by atoms with Gasteiger partial charge >= 0.3 is 6.09 Å². The number of methoxy groups -OCH3 is 1. The largest absolute Gasteiger partial charge is 0.465 e. The second-order valence-corrected chi connectivity index (χ2v) is 10.1. The number of hydrogen-bond acceptors (Lipinski definition) is 4. The number of hydrogen-bond donors (Lipinski definition) is 2. The van der Waals surface area contributed by atoms with Crippen LogP contribution in [-0.2, 0) is 14.2 Å². The van der Waals surface area contributed by atoms with Crippen molar-refractivity contribution in [3.05, 3.63) is 0 Å². The number of alkyl halides is 1. The maximum atomic E-state index is 10.3. The number of nitrogens with one attached hydrogen (secondary N) is 1. The highest BCUT2D eigenvalue weighted by Gasteiger charge is 2.07. The Labute approximate surface area is 218 Å². The van der Waals surface area contributed by atoms with Gasteiger partial charge < -0.3 is 24.6 Å². The molecule has 0 aromatic rings. The summed E-state index contributed by atoms with van der Waals surface area (Å²) in [4.78, 5) is 10.3. The predicted octanol–water partition coefficient (Wildman–Crippen LogP) is 7.72. The van der Waals surface area contributed by atoms with Crippen LogP contribution in [0.2, 0.25) is 0 Å². The van der Waals surface area contributed by atoms with Gasteiger partial charge in [-0.2, -0.15) is 0 Å². The molecule has 2 N–H and O–H groups in total. The molecular formula is C27H54BrNO5. The van der Waals surface area contributed by atoms with E-state index in [-0.39, 0.29) is 6.10 Å². The number of carboxylic acid groups (broad SMARTS) is 1. The van der Waals surface area contributed by atoms with Crippen molar-refractivity contribution in [3.8, 4) is 0 Å². The van der Waals surface area contributed by atoms with Gasteiger partial charge in [0.25, 0.3) is 0 Å². The number of amides is 1. The zero-order chi connectivity index (χ0) is 25.0. The maximum absolute atomic E-state index is 10.3. The summed E-state index contributed by atoms with van der Waals surface area (Å²) in [5, 5.41) is 12.0. The molecule has 0 heterocycles. The van der Waals surface area contributed by atoms with Crippen molar-refractivity contribution >= 4 is 22.0 Å². The zero-order valence-corrected chi connectivity index (χ0v) is 23.6. The van der Waals surface area contributed by atoms with Crippen molar-refractivity contribution in [1.29, 1.82) is 0 Å². The molecule has 0 saturated carbocycles. The van der Waals surface area contributed by atoms with E-state index in [9.17, 15) is 4.79 Å². The van der Waals surface area contributed by atoms with Crippen molar-refractivity contribution < 1.29 is 24.1 Å². The summed E-state index contributed by atoms with van der Waals surface area (Å²) in [6, 6.07) is 0. The predicted molar refractivity (Wildman–Crippen MR) is 145 cm³/mol. The highest BCUT2D eigenvalue weighted by atomic mass is 79.9. The molecule has 0 aliphatic rings. The van der Waals surface area contributed by atoms with Crippen LogP contribution in [0.5, 0.6) is 0 Å². The Kier molecular flexibility index (Phi) is 28.6. The van der Waals surface area contributed by atoms with Crippen LogP contribution in [0.1, 0.15) is 116 Å². The summed E-state index contributed by atoms with van der Waals surface area (Å²) >= 11 is 3.43. The molecular weight excluding hydrogens is 498 g/mol. The molecule has 0 radical (unpaired) electrons. The molecule has 0 bridgehead atoms. The van der Waals surface area contributed by atoms with Gasteiger partial charge in [0.1, 0.15) is 6.10 Å². The fourth-order valence-corrected chi connectivity index (χ4v) is 4.31. The fourth-order valence-electron chi connectivity index (χ4n) is 3.91. The molecule has 0 fully saturated rings. The lowest BCUT2D eigenvalue weighted by atomic mass is 10.0. The first-order chi connectivity index (χ1) is 16.7. The van der Waals surface area contributed by atoms with Crippen LogP contribution >= 0.6 is 15.9 Å². The molecule has 1 amide bonds. The first-order valence-electron chi connectivity index (χ1n) is 13.9. The minimum absolute atomic E-state index is 0.0450. The molecule has 0 spiro atoms. The van der Waals surface area contributed by atoms with Crippen molar-refractivity contribution in [2.75, 3.05) is 45.4 Å². The Morgan fingerprint density at radius 2 is 1.06 bits per heavy atom. The van der Waals surface area contributed by atoms with Gasteiger partial charge in [-0.15, -0.1) is 0 Å². The minimum atomic E-state index is -0.911. The second kappa shape index (κ2) is 28.9. The van der Waals surface area contributed by atoms with Crippen LogP contribution in [0.4, 0.5) is 4.79 Å². The van der Waals surface area contributed by atoms with Crippen LogP contribution in [0.3, 0.4) is 0 Å². The lowest BCUT2D eigenvalue weighted by molar-refractivity contribution is -0.0416. The van der Waals surface area contributed by atoms with Gasteiger partial charge in [0.2, 0.25) is 0 Å². The van der Waals surface area contributed by atoms with E-state index in [0.717, 1.165) is 50.6 Å². The molecule has 0 aliphatic heterocycles. The third-order valence-corrected chi connectivity index (χ3v) is 6.67. The van der Waals surface area contributed by atoms with Gasteiger partial charge in [-0.3, -0.25) is 0 Å².